The molecule has 4 aromatic heterocycles. The van der Waals surface area contributed by atoms with E-state index in [4.69, 9.17) is 9.97 Å². The molecule has 0 saturated heterocycles. The molecule has 0 atom stereocenters. The van der Waals surface area contributed by atoms with Gasteiger partial charge in [-0.1, -0.05) is 132 Å². The molecule has 5 heterocycles. The van der Waals surface area contributed by atoms with Gasteiger partial charge in [-0.2, -0.15) is 12.1 Å². The number of aromatic nitrogens is 4. The average Bonchev–Trinajstić information content (AvgIpc) is 3.69. The zero-order chi connectivity index (χ0) is 38.7. The summed E-state index contributed by atoms with van der Waals surface area (Å²) >= 11 is 0. The quantitative estimate of drug-likeness (QED) is 0.131. The van der Waals surface area contributed by atoms with E-state index in [9.17, 15) is 0 Å². The first-order valence-electron chi connectivity index (χ1n) is 19.6. The molecule has 1 aliphatic rings. The van der Waals surface area contributed by atoms with Gasteiger partial charge >= 0.3 is 20.4 Å². The van der Waals surface area contributed by atoms with Crippen LogP contribution in [-0.4, -0.2) is 19.1 Å². The van der Waals surface area contributed by atoms with Gasteiger partial charge in [-0.15, -0.1) is 35.0 Å². The molecule has 0 amide bonds. The van der Waals surface area contributed by atoms with E-state index in [-0.39, 0.29) is 36.7 Å². The Hall–Kier alpha value is -5.54. The fourth-order valence-electron chi connectivity index (χ4n) is 8.76. The fourth-order valence-corrected chi connectivity index (χ4v) is 8.76. The van der Waals surface area contributed by atoms with E-state index in [1.165, 1.54) is 43.9 Å². The molecule has 0 unspecified atom stereocenters. The van der Waals surface area contributed by atoms with Crippen molar-refractivity contribution in [3.05, 3.63) is 162 Å². The van der Waals surface area contributed by atoms with Gasteiger partial charge in [0, 0.05) is 40.1 Å². The van der Waals surface area contributed by atoms with Gasteiger partial charge in [0.05, 0.1) is 0 Å². The van der Waals surface area contributed by atoms with Crippen molar-refractivity contribution in [3.63, 3.8) is 0 Å². The summed E-state index contributed by atoms with van der Waals surface area (Å²) in [6, 6.07) is 49.4. The van der Waals surface area contributed by atoms with Crippen LogP contribution in [0.3, 0.4) is 0 Å². The molecule has 5 aromatic carbocycles. The van der Waals surface area contributed by atoms with Crippen molar-refractivity contribution in [1.82, 2.24) is 19.1 Å². The van der Waals surface area contributed by atoms with Crippen LogP contribution in [0.1, 0.15) is 77.6 Å². The zero-order valence-electron chi connectivity index (χ0n) is 33.7. The van der Waals surface area contributed by atoms with Crippen LogP contribution in [0.15, 0.2) is 128 Å². The van der Waals surface area contributed by atoms with Gasteiger partial charge in [-0.3, -0.25) is 0 Å². The summed E-state index contributed by atoms with van der Waals surface area (Å²) in [5.41, 5.74) is 12.0. The number of benzene rings is 5. The summed E-state index contributed by atoms with van der Waals surface area (Å²) in [6.45, 7) is 18.3. The molecule has 6 heteroatoms. The molecule has 0 spiro atoms. The Bertz CT molecular complexity index is 3030. The number of hydrogen-bond acceptors (Lipinski definition) is 3. The topological polar surface area (TPSA) is 38.9 Å². The number of para-hydroxylation sites is 2. The van der Waals surface area contributed by atoms with Crippen molar-refractivity contribution in [2.24, 2.45) is 0 Å². The van der Waals surface area contributed by atoms with E-state index in [1.807, 2.05) is 12.4 Å². The molecule has 5 nitrogen and oxygen atoms in total. The predicted octanol–water partition coefficient (Wildman–Crippen LogP) is 13.0. The summed E-state index contributed by atoms with van der Waals surface area (Å²) in [4.78, 5) is 12.3. The second-order valence-corrected chi connectivity index (χ2v) is 17.9. The number of hydrogen-bond donors (Lipinski definition) is 0. The molecule has 10 rings (SSSR count). The van der Waals surface area contributed by atoms with Crippen LogP contribution in [0.5, 0.6) is 0 Å². The van der Waals surface area contributed by atoms with E-state index in [2.05, 4.69) is 197 Å². The summed E-state index contributed by atoms with van der Waals surface area (Å²) in [7, 11) is 0. The zero-order valence-corrected chi connectivity index (χ0v) is 35.2. The van der Waals surface area contributed by atoms with Crippen molar-refractivity contribution in [1.29, 1.82) is 0 Å². The van der Waals surface area contributed by atoms with Crippen LogP contribution in [0.2, 0.25) is 0 Å². The van der Waals surface area contributed by atoms with Crippen LogP contribution < -0.4 is 4.90 Å². The van der Waals surface area contributed by atoms with E-state index < -0.39 is 0 Å². The number of pyridine rings is 2. The van der Waals surface area contributed by atoms with Gasteiger partial charge in [-0.25, -0.2) is 9.97 Å². The summed E-state index contributed by atoms with van der Waals surface area (Å²) in [5, 5.41) is 4.71. The number of anilines is 3. The van der Waals surface area contributed by atoms with Crippen LogP contribution in [0, 0.1) is 12.1 Å². The van der Waals surface area contributed by atoms with E-state index in [0.717, 1.165) is 50.6 Å². The second-order valence-electron chi connectivity index (χ2n) is 17.9. The maximum absolute atomic E-state index is 5.05. The number of nitrogens with zero attached hydrogens (tertiary/aromatic N) is 5. The molecule has 0 bridgehead atoms. The Morgan fingerprint density at radius 2 is 1.21 bits per heavy atom. The third-order valence-corrected chi connectivity index (χ3v) is 11.9. The molecule has 57 heavy (non-hydrogen) atoms. The smallest absolute Gasteiger partial charge is 0.358 e. The van der Waals surface area contributed by atoms with Gasteiger partial charge in [0.2, 0.25) is 0 Å². The minimum absolute atomic E-state index is 0. The maximum atomic E-state index is 5.05. The monoisotopic (exact) mass is 833 g/mol. The average molecular weight is 834 g/mol. The van der Waals surface area contributed by atoms with Gasteiger partial charge in [-0.05, 0) is 74.7 Å². The van der Waals surface area contributed by atoms with Crippen molar-refractivity contribution in [2.45, 2.75) is 71.6 Å². The van der Waals surface area contributed by atoms with Crippen LogP contribution >= 0.6 is 0 Å². The number of fused-ring (bicyclic) bond motifs is 8. The number of rotatable bonds is 4. The largest absolute Gasteiger partial charge is 2.00 e. The van der Waals surface area contributed by atoms with Crippen LogP contribution in [0.4, 0.5) is 17.1 Å². The third-order valence-electron chi connectivity index (χ3n) is 11.9. The normalized spacial score (nSPS) is 13.6. The van der Waals surface area contributed by atoms with Gasteiger partial charge in [0.25, 0.3) is 0 Å². The van der Waals surface area contributed by atoms with Crippen molar-refractivity contribution in [3.8, 4) is 11.6 Å². The first kappa shape index (κ1) is 37.1. The van der Waals surface area contributed by atoms with E-state index >= 15 is 0 Å². The first-order chi connectivity index (χ1) is 26.8. The molecule has 0 radical (unpaired) electrons. The van der Waals surface area contributed by atoms with Crippen LogP contribution in [0.25, 0.3) is 55.2 Å². The summed E-state index contributed by atoms with van der Waals surface area (Å²) < 4.78 is 4.63. The predicted molar refractivity (Wildman–Crippen MR) is 233 cm³/mol. The molecule has 284 valence electrons. The van der Waals surface area contributed by atoms with Crippen molar-refractivity contribution >= 4 is 60.7 Å². The molecular formula is C51H45N5Pd. The van der Waals surface area contributed by atoms with Crippen molar-refractivity contribution < 1.29 is 20.4 Å². The minimum Gasteiger partial charge on any atom is -0.358 e. The first-order valence-corrected chi connectivity index (χ1v) is 19.6. The Morgan fingerprint density at radius 3 is 1.91 bits per heavy atom. The third kappa shape index (κ3) is 5.68. The minimum atomic E-state index is -0.226. The maximum Gasteiger partial charge on any atom is 2.00 e. The SMILES string of the molecule is CC(C)(C)c1ccnc(-n2c3[c-]c(N(c4[c-]c5c(cc4)c4cc(C(C)(C)C)cc6c4n5-c4ncccc4C6(C)C)c4ccccc4)ccc3c3ccccc32)c1.[Pd+2]. The van der Waals surface area contributed by atoms with E-state index in [1.54, 1.807) is 0 Å². The van der Waals surface area contributed by atoms with E-state index in [0.29, 0.717) is 0 Å². The Balaban J connectivity index is 0.00000422. The molecular weight excluding hydrogens is 789 g/mol. The molecule has 0 N–H and O–H groups in total. The second kappa shape index (κ2) is 13.0. The van der Waals surface area contributed by atoms with Gasteiger partial charge in [0.15, 0.2) is 0 Å². The Labute approximate surface area is 348 Å². The molecule has 9 aromatic rings. The van der Waals surface area contributed by atoms with Crippen molar-refractivity contribution in [2.75, 3.05) is 4.90 Å². The Morgan fingerprint density at radius 1 is 0.561 bits per heavy atom. The standard InChI is InChI=1S/C51H45N5.Pd/c1-49(2,3)32-24-26-52-46(29-32)55-43-19-13-12-17-37(43)38-22-20-35(30-44(38)55)54(34-15-10-9-11-16-34)36-21-23-39-40-27-33(50(4,5)6)28-42-47(40)56(45(39)31-36)48-41(51(42,7)8)18-14-25-53-48;/h9-29H,1-8H3;/q-2;+2. The molecule has 0 saturated carbocycles. The van der Waals surface area contributed by atoms with Gasteiger partial charge in [0.1, 0.15) is 11.6 Å². The van der Waals surface area contributed by atoms with Crippen LogP contribution in [-0.2, 0) is 36.7 Å². The van der Waals surface area contributed by atoms with Gasteiger partial charge < -0.3 is 14.0 Å². The fraction of sp³-hybridized carbons (Fsp3) is 0.216. The molecule has 0 aliphatic carbocycles. The summed E-state index contributed by atoms with van der Waals surface area (Å²) in [5.74, 6) is 1.85. The Kier molecular flexibility index (Phi) is 8.45. The summed E-state index contributed by atoms with van der Waals surface area (Å²) in [6.07, 6.45) is 3.84. The molecule has 1 aliphatic heterocycles. The molecule has 0 fully saturated rings.